The Morgan fingerprint density at radius 3 is 2.80 bits per heavy atom. The van der Waals surface area contributed by atoms with E-state index in [1.165, 1.54) is 0 Å². The van der Waals surface area contributed by atoms with Gasteiger partial charge in [0.2, 0.25) is 0 Å². The zero-order chi connectivity index (χ0) is 10.7. The zero-order valence-electron chi connectivity index (χ0n) is 8.24. The van der Waals surface area contributed by atoms with Crippen molar-refractivity contribution in [1.82, 2.24) is 9.78 Å². The van der Waals surface area contributed by atoms with Crippen LogP contribution >= 0.6 is 0 Å². The number of nitrogens with zero attached hydrogens (tertiary/aromatic N) is 2. The van der Waals surface area contributed by atoms with E-state index in [4.69, 9.17) is 5.73 Å². The largest absolute Gasteiger partial charge is 0.387 e. The highest BCUT2D eigenvalue weighted by Gasteiger charge is 2.11. The van der Waals surface area contributed by atoms with Crippen molar-refractivity contribution in [2.24, 2.45) is 5.73 Å². The van der Waals surface area contributed by atoms with Crippen molar-refractivity contribution in [3.05, 3.63) is 48.3 Å². The number of aromatic nitrogens is 2. The molecule has 78 valence electrons. The predicted octanol–water partition coefficient (Wildman–Crippen LogP) is 0.864. The summed E-state index contributed by atoms with van der Waals surface area (Å²) in [4.78, 5) is 0. The third-order valence-electron chi connectivity index (χ3n) is 2.27. The van der Waals surface area contributed by atoms with Crippen molar-refractivity contribution in [2.45, 2.75) is 6.10 Å². The molecule has 0 aliphatic carbocycles. The summed E-state index contributed by atoms with van der Waals surface area (Å²) >= 11 is 0. The molecule has 0 spiro atoms. The summed E-state index contributed by atoms with van der Waals surface area (Å²) in [7, 11) is 0. The molecule has 0 saturated carbocycles. The summed E-state index contributed by atoms with van der Waals surface area (Å²) in [6.45, 7) is 0.207. The summed E-state index contributed by atoms with van der Waals surface area (Å²) in [5.41, 5.74) is 7.10. The summed E-state index contributed by atoms with van der Waals surface area (Å²) in [6.07, 6.45) is 2.89. The molecule has 0 aliphatic heterocycles. The molecule has 0 saturated heterocycles. The Labute approximate surface area is 88.0 Å². The van der Waals surface area contributed by atoms with E-state index in [1.807, 2.05) is 36.5 Å². The third-order valence-corrected chi connectivity index (χ3v) is 2.27. The van der Waals surface area contributed by atoms with Crippen LogP contribution in [0.4, 0.5) is 0 Å². The van der Waals surface area contributed by atoms with Gasteiger partial charge in [-0.1, -0.05) is 18.2 Å². The molecule has 4 nitrogen and oxygen atoms in total. The molecular formula is C11H13N3O. The van der Waals surface area contributed by atoms with Crippen molar-refractivity contribution >= 4 is 0 Å². The summed E-state index contributed by atoms with van der Waals surface area (Å²) in [5.74, 6) is 0. The SMILES string of the molecule is NC[C@@H](O)c1ccccc1-n1cccn1. The minimum Gasteiger partial charge on any atom is -0.387 e. The summed E-state index contributed by atoms with van der Waals surface area (Å²) in [6, 6.07) is 9.38. The number of aliphatic hydroxyl groups excluding tert-OH is 1. The first-order chi connectivity index (χ1) is 7.33. The van der Waals surface area contributed by atoms with Gasteiger partial charge in [0.1, 0.15) is 0 Å². The molecule has 0 bridgehead atoms. The van der Waals surface area contributed by atoms with Crippen molar-refractivity contribution in [1.29, 1.82) is 0 Å². The van der Waals surface area contributed by atoms with Crippen molar-refractivity contribution in [3.8, 4) is 5.69 Å². The Morgan fingerprint density at radius 2 is 2.13 bits per heavy atom. The molecule has 1 aromatic heterocycles. The monoisotopic (exact) mass is 203 g/mol. The average molecular weight is 203 g/mol. The van der Waals surface area contributed by atoms with Gasteiger partial charge in [0.25, 0.3) is 0 Å². The van der Waals surface area contributed by atoms with E-state index in [9.17, 15) is 5.11 Å². The molecule has 4 heteroatoms. The lowest BCUT2D eigenvalue weighted by atomic mass is 10.1. The van der Waals surface area contributed by atoms with Gasteiger partial charge in [0, 0.05) is 24.5 Å². The topological polar surface area (TPSA) is 64.1 Å². The molecule has 3 N–H and O–H groups in total. The molecule has 0 radical (unpaired) electrons. The normalized spacial score (nSPS) is 12.7. The first-order valence-electron chi connectivity index (χ1n) is 4.80. The molecule has 0 fully saturated rings. The molecule has 15 heavy (non-hydrogen) atoms. The highest BCUT2D eigenvalue weighted by molar-refractivity contribution is 5.41. The Bertz CT molecular complexity index is 425. The number of aliphatic hydroxyl groups is 1. The Morgan fingerprint density at radius 1 is 1.33 bits per heavy atom. The zero-order valence-corrected chi connectivity index (χ0v) is 8.24. The van der Waals surface area contributed by atoms with Crippen LogP contribution in [-0.2, 0) is 0 Å². The first kappa shape index (κ1) is 9.89. The van der Waals surface area contributed by atoms with Gasteiger partial charge >= 0.3 is 0 Å². The van der Waals surface area contributed by atoms with Crippen LogP contribution in [0.15, 0.2) is 42.7 Å². The molecule has 2 aromatic rings. The lowest BCUT2D eigenvalue weighted by molar-refractivity contribution is 0.186. The molecule has 0 aliphatic rings. The highest BCUT2D eigenvalue weighted by atomic mass is 16.3. The van der Waals surface area contributed by atoms with E-state index in [0.29, 0.717) is 0 Å². The molecule has 1 heterocycles. The van der Waals surface area contributed by atoms with Crippen molar-refractivity contribution < 1.29 is 5.11 Å². The second kappa shape index (κ2) is 4.25. The minimum atomic E-state index is -0.648. The number of nitrogens with two attached hydrogens (primary N) is 1. The predicted molar refractivity (Wildman–Crippen MR) is 57.6 cm³/mol. The van der Waals surface area contributed by atoms with Crippen LogP contribution in [0.2, 0.25) is 0 Å². The van der Waals surface area contributed by atoms with Gasteiger partial charge in [-0.15, -0.1) is 0 Å². The van der Waals surface area contributed by atoms with E-state index >= 15 is 0 Å². The van der Waals surface area contributed by atoms with Crippen molar-refractivity contribution in [3.63, 3.8) is 0 Å². The smallest absolute Gasteiger partial charge is 0.0933 e. The maximum absolute atomic E-state index is 9.74. The van der Waals surface area contributed by atoms with Gasteiger partial charge in [-0.25, -0.2) is 4.68 Å². The number of rotatable bonds is 3. The van der Waals surface area contributed by atoms with Gasteiger partial charge in [0.05, 0.1) is 11.8 Å². The number of hydrogen-bond acceptors (Lipinski definition) is 3. The maximum atomic E-state index is 9.74. The summed E-state index contributed by atoms with van der Waals surface area (Å²) in [5, 5.41) is 13.9. The van der Waals surface area contributed by atoms with E-state index in [1.54, 1.807) is 10.9 Å². The second-order valence-electron chi connectivity index (χ2n) is 3.26. The summed E-state index contributed by atoms with van der Waals surface area (Å²) < 4.78 is 1.72. The quantitative estimate of drug-likeness (QED) is 0.777. The Hall–Kier alpha value is -1.65. The van der Waals surface area contributed by atoms with Gasteiger partial charge in [-0.3, -0.25) is 0 Å². The number of para-hydroxylation sites is 1. The standard InChI is InChI=1S/C11H13N3O/c12-8-11(15)9-4-1-2-5-10(9)14-7-3-6-13-14/h1-7,11,15H,8,12H2/t11-/m1/s1. The first-order valence-corrected chi connectivity index (χ1v) is 4.80. The van der Waals surface area contributed by atoms with E-state index < -0.39 is 6.10 Å². The maximum Gasteiger partial charge on any atom is 0.0933 e. The number of benzene rings is 1. The minimum absolute atomic E-state index is 0.207. The van der Waals surface area contributed by atoms with Crippen LogP contribution < -0.4 is 5.73 Å². The van der Waals surface area contributed by atoms with Crippen LogP contribution in [0.3, 0.4) is 0 Å². The molecule has 2 rings (SSSR count). The molecule has 0 unspecified atom stereocenters. The lowest BCUT2D eigenvalue weighted by Crippen LogP contribution is -2.14. The molecular weight excluding hydrogens is 190 g/mol. The van der Waals surface area contributed by atoms with Gasteiger partial charge < -0.3 is 10.8 Å². The number of hydrogen-bond donors (Lipinski definition) is 2. The van der Waals surface area contributed by atoms with E-state index in [-0.39, 0.29) is 6.54 Å². The fourth-order valence-electron chi connectivity index (χ4n) is 1.52. The Kier molecular flexibility index (Phi) is 2.80. The van der Waals surface area contributed by atoms with Crippen LogP contribution in [0.25, 0.3) is 5.69 Å². The fourth-order valence-corrected chi connectivity index (χ4v) is 1.52. The highest BCUT2D eigenvalue weighted by Crippen LogP contribution is 2.19. The van der Waals surface area contributed by atoms with E-state index in [2.05, 4.69) is 5.10 Å². The third kappa shape index (κ3) is 1.91. The average Bonchev–Trinajstić information content (AvgIpc) is 2.81. The van der Waals surface area contributed by atoms with Gasteiger partial charge in [-0.05, 0) is 12.1 Å². The van der Waals surface area contributed by atoms with Crippen LogP contribution in [0.1, 0.15) is 11.7 Å². The molecule has 0 amide bonds. The van der Waals surface area contributed by atoms with Crippen LogP contribution in [0, 0.1) is 0 Å². The van der Waals surface area contributed by atoms with Crippen molar-refractivity contribution in [2.75, 3.05) is 6.54 Å². The van der Waals surface area contributed by atoms with Crippen LogP contribution in [-0.4, -0.2) is 21.4 Å². The molecule has 1 atom stereocenters. The van der Waals surface area contributed by atoms with Gasteiger partial charge in [-0.2, -0.15) is 5.10 Å². The fraction of sp³-hybridized carbons (Fsp3) is 0.182. The van der Waals surface area contributed by atoms with E-state index in [0.717, 1.165) is 11.3 Å². The Balaban J connectivity index is 2.47. The lowest BCUT2D eigenvalue weighted by Gasteiger charge is -2.13. The second-order valence-corrected chi connectivity index (χ2v) is 3.26. The molecule has 1 aromatic carbocycles. The van der Waals surface area contributed by atoms with Gasteiger partial charge in [0.15, 0.2) is 0 Å². The van der Waals surface area contributed by atoms with Crippen LogP contribution in [0.5, 0.6) is 0 Å².